The van der Waals surface area contributed by atoms with Gasteiger partial charge < -0.3 is 10.1 Å². The second kappa shape index (κ2) is 6.86. The van der Waals surface area contributed by atoms with Gasteiger partial charge in [-0.1, -0.05) is 36.4 Å². The van der Waals surface area contributed by atoms with Crippen LogP contribution in [0.5, 0.6) is 5.75 Å². The van der Waals surface area contributed by atoms with E-state index in [0.29, 0.717) is 0 Å². The van der Waals surface area contributed by atoms with Crippen molar-refractivity contribution in [2.24, 2.45) is 0 Å². The first kappa shape index (κ1) is 15.6. The smallest absolute Gasteiger partial charge is 0.258 e. The Hall–Kier alpha value is -2.29. The first-order chi connectivity index (χ1) is 11.1. The van der Waals surface area contributed by atoms with Crippen molar-refractivity contribution in [1.82, 2.24) is 5.32 Å². The van der Waals surface area contributed by atoms with Gasteiger partial charge in [0.05, 0.1) is 6.04 Å². The van der Waals surface area contributed by atoms with Crippen LogP contribution in [0, 0.1) is 6.92 Å². The summed E-state index contributed by atoms with van der Waals surface area (Å²) < 4.78 is 5.60. The van der Waals surface area contributed by atoms with E-state index in [1.807, 2.05) is 38.1 Å². The summed E-state index contributed by atoms with van der Waals surface area (Å²) in [7, 11) is 0. The summed E-state index contributed by atoms with van der Waals surface area (Å²) >= 11 is 0. The number of hydrogen-bond acceptors (Lipinski definition) is 2. The number of carbonyl (C=O) groups is 1. The summed E-state index contributed by atoms with van der Waals surface area (Å²) in [6.45, 7) is 4.03. The zero-order valence-corrected chi connectivity index (χ0v) is 13.8. The number of ether oxygens (including phenoxy) is 1. The third-order valence-electron chi connectivity index (χ3n) is 4.45. The Morgan fingerprint density at radius 1 is 1.17 bits per heavy atom. The number of fused-ring (bicyclic) bond motifs is 1. The van der Waals surface area contributed by atoms with Gasteiger partial charge in [0, 0.05) is 0 Å². The number of nitrogens with one attached hydrogen (secondary N) is 1. The topological polar surface area (TPSA) is 38.3 Å². The van der Waals surface area contributed by atoms with Gasteiger partial charge in [-0.25, -0.2) is 0 Å². The highest BCUT2D eigenvalue weighted by molar-refractivity contribution is 5.78. The lowest BCUT2D eigenvalue weighted by molar-refractivity contribution is -0.123. The molecule has 0 fully saturated rings. The van der Waals surface area contributed by atoms with Gasteiger partial charge in [-0.3, -0.25) is 4.79 Å². The van der Waals surface area contributed by atoms with Crippen molar-refractivity contribution in [2.45, 2.75) is 39.2 Å². The van der Waals surface area contributed by atoms with Crippen molar-refractivity contribution in [2.75, 3.05) is 6.61 Å². The van der Waals surface area contributed by atoms with Crippen molar-refractivity contribution >= 4 is 5.91 Å². The normalized spacial score (nSPS) is 14.2. The van der Waals surface area contributed by atoms with E-state index < -0.39 is 0 Å². The molecule has 1 aliphatic rings. The van der Waals surface area contributed by atoms with E-state index in [-0.39, 0.29) is 18.6 Å². The molecule has 23 heavy (non-hydrogen) atoms. The largest absolute Gasteiger partial charge is 0.484 e. The zero-order chi connectivity index (χ0) is 16.2. The average molecular weight is 309 g/mol. The fourth-order valence-corrected chi connectivity index (χ4v) is 3.09. The molecular formula is C20H23NO2. The minimum Gasteiger partial charge on any atom is -0.484 e. The Kier molecular flexibility index (Phi) is 4.65. The first-order valence-electron chi connectivity index (χ1n) is 8.23. The van der Waals surface area contributed by atoms with Crippen molar-refractivity contribution in [3.63, 3.8) is 0 Å². The Morgan fingerprint density at radius 3 is 2.78 bits per heavy atom. The molecule has 0 saturated carbocycles. The molecule has 0 aliphatic heterocycles. The lowest BCUT2D eigenvalue weighted by Gasteiger charge is -2.16. The maximum atomic E-state index is 12.1. The lowest BCUT2D eigenvalue weighted by Crippen LogP contribution is -2.31. The second-order valence-electron chi connectivity index (χ2n) is 6.23. The van der Waals surface area contributed by atoms with E-state index in [4.69, 9.17) is 4.74 Å². The standard InChI is InChI=1S/C20H23NO2/c1-14-6-3-4-9-19(14)23-13-20(22)21-15(2)17-11-10-16-7-5-8-18(16)12-17/h3-4,6,9-12,15H,5,7-8,13H2,1-2H3,(H,21,22). The molecule has 0 heterocycles. The van der Waals surface area contributed by atoms with Gasteiger partial charge in [0.25, 0.3) is 5.91 Å². The molecule has 0 radical (unpaired) electrons. The van der Waals surface area contributed by atoms with Crippen molar-refractivity contribution in [3.05, 3.63) is 64.7 Å². The van der Waals surface area contributed by atoms with Gasteiger partial charge in [-0.2, -0.15) is 0 Å². The number of para-hydroxylation sites is 1. The molecule has 1 unspecified atom stereocenters. The van der Waals surface area contributed by atoms with Crippen LogP contribution in [0.2, 0.25) is 0 Å². The molecule has 3 rings (SSSR count). The lowest BCUT2D eigenvalue weighted by atomic mass is 10.0. The van der Waals surface area contributed by atoms with E-state index >= 15 is 0 Å². The van der Waals surface area contributed by atoms with Gasteiger partial charge in [0.1, 0.15) is 5.75 Å². The molecule has 0 spiro atoms. The van der Waals surface area contributed by atoms with Crippen LogP contribution in [0.3, 0.4) is 0 Å². The van der Waals surface area contributed by atoms with Gasteiger partial charge >= 0.3 is 0 Å². The first-order valence-corrected chi connectivity index (χ1v) is 8.23. The summed E-state index contributed by atoms with van der Waals surface area (Å²) in [6, 6.07) is 14.3. The molecule has 0 saturated heterocycles. The van der Waals surface area contributed by atoms with E-state index in [0.717, 1.165) is 23.3 Å². The maximum absolute atomic E-state index is 12.1. The fourth-order valence-electron chi connectivity index (χ4n) is 3.09. The van der Waals surface area contributed by atoms with Crippen LogP contribution < -0.4 is 10.1 Å². The minimum absolute atomic E-state index is 0.00568. The van der Waals surface area contributed by atoms with Gasteiger partial charge in [-0.15, -0.1) is 0 Å². The Morgan fingerprint density at radius 2 is 1.96 bits per heavy atom. The molecule has 120 valence electrons. The Labute approximate surface area is 137 Å². The van der Waals surface area contributed by atoms with Crippen molar-refractivity contribution < 1.29 is 9.53 Å². The molecule has 0 aromatic heterocycles. The summed E-state index contributed by atoms with van der Waals surface area (Å²) in [6.07, 6.45) is 3.57. The van der Waals surface area contributed by atoms with E-state index in [1.165, 1.54) is 24.0 Å². The summed E-state index contributed by atoms with van der Waals surface area (Å²) in [5.74, 6) is 0.661. The summed E-state index contributed by atoms with van der Waals surface area (Å²) in [5, 5.41) is 3.01. The van der Waals surface area contributed by atoms with Crippen LogP contribution >= 0.6 is 0 Å². The minimum atomic E-state index is -0.0961. The molecule has 3 heteroatoms. The quantitative estimate of drug-likeness (QED) is 0.913. The maximum Gasteiger partial charge on any atom is 0.258 e. The number of benzene rings is 2. The molecule has 2 aromatic rings. The van der Waals surface area contributed by atoms with E-state index in [9.17, 15) is 4.79 Å². The summed E-state index contributed by atoms with van der Waals surface area (Å²) in [5.41, 5.74) is 5.08. The number of aryl methyl sites for hydroxylation is 3. The molecule has 1 amide bonds. The highest BCUT2D eigenvalue weighted by atomic mass is 16.5. The zero-order valence-electron chi connectivity index (χ0n) is 13.8. The van der Waals surface area contributed by atoms with Crippen molar-refractivity contribution in [1.29, 1.82) is 0 Å². The van der Waals surface area contributed by atoms with Crippen LogP contribution in [0.15, 0.2) is 42.5 Å². The third-order valence-corrected chi connectivity index (χ3v) is 4.45. The van der Waals surface area contributed by atoms with Crippen molar-refractivity contribution in [3.8, 4) is 5.75 Å². The SMILES string of the molecule is Cc1ccccc1OCC(=O)NC(C)c1ccc2c(c1)CCC2. The highest BCUT2D eigenvalue weighted by Gasteiger charge is 2.15. The molecule has 3 nitrogen and oxygen atoms in total. The van der Waals surface area contributed by atoms with Crippen LogP contribution in [-0.2, 0) is 17.6 Å². The van der Waals surface area contributed by atoms with Crippen LogP contribution in [0.25, 0.3) is 0 Å². The molecular weight excluding hydrogens is 286 g/mol. The molecule has 1 N–H and O–H groups in total. The predicted octanol–water partition coefficient (Wildman–Crippen LogP) is 3.74. The molecule has 1 atom stereocenters. The fraction of sp³-hybridized carbons (Fsp3) is 0.350. The van der Waals surface area contributed by atoms with Crippen LogP contribution in [-0.4, -0.2) is 12.5 Å². The van der Waals surface area contributed by atoms with E-state index in [1.54, 1.807) is 0 Å². The number of amides is 1. The third kappa shape index (κ3) is 3.73. The monoisotopic (exact) mass is 309 g/mol. The Balaban J connectivity index is 1.56. The van der Waals surface area contributed by atoms with Crippen LogP contribution in [0.1, 0.15) is 41.6 Å². The second-order valence-corrected chi connectivity index (χ2v) is 6.23. The average Bonchev–Trinajstić information content (AvgIpc) is 3.01. The Bertz CT molecular complexity index is 709. The molecule has 2 aromatic carbocycles. The van der Waals surface area contributed by atoms with Gasteiger partial charge in [0.2, 0.25) is 0 Å². The number of hydrogen-bond donors (Lipinski definition) is 1. The van der Waals surface area contributed by atoms with Gasteiger partial charge in [0.15, 0.2) is 6.61 Å². The molecule has 0 bridgehead atoms. The van der Waals surface area contributed by atoms with Crippen LogP contribution in [0.4, 0.5) is 0 Å². The number of rotatable bonds is 5. The molecule has 1 aliphatic carbocycles. The summed E-state index contributed by atoms with van der Waals surface area (Å²) in [4.78, 5) is 12.1. The van der Waals surface area contributed by atoms with E-state index in [2.05, 4.69) is 23.5 Å². The van der Waals surface area contributed by atoms with Gasteiger partial charge in [-0.05, 0) is 61.4 Å². The highest BCUT2D eigenvalue weighted by Crippen LogP contribution is 2.25. The predicted molar refractivity (Wildman–Crippen MR) is 91.7 cm³/mol. The number of carbonyl (C=O) groups excluding carboxylic acids is 1.